The average molecular weight is 781 g/mol. The Hall–Kier alpha value is -5.88. The van der Waals surface area contributed by atoms with Crippen molar-refractivity contribution in [2.24, 2.45) is 0 Å². The van der Waals surface area contributed by atoms with Crippen LogP contribution in [-0.4, -0.2) is 43.6 Å². The molecule has 1 aromatic heterocycles. The molecule has 1 heterocycles. The molecule has 5 aromatic rings. The van der Waals surface area contributed by atoms with E-state index in [0.29, 0.717) is 34.6 Å². The number of carbonyl (C=O) groups excluding carboxylic acids is 3. The molecule has 9 nitrogen and oxygen atoms in total. The fourth-order valence-electron chi connectivity index (χ4n) is 6.01. The molecule has 0 unspecified atom stereocenters. The number of rotatable bonds is 15. The third-order valence-electron chi connectivity index (χ3n) is 8.76. The Morgan fingerprint density at radius 3 is 1.91 bits per heavy atom. The second-order valence-corrected chi connectivity index (χ2v) is 14.4. The van der Waals surface area contributed by atoms with Crippen molar-refractivity contribution in [2.75, 3.05) is 13.1 Å². The highest BCUT2D eigenvalue weighted by Crippen LogP contribution is 2.31. The number of terminal acetylenes is 1. The Kier molecular flexibility index (Phi) is 12.8. The van der Waals surface area contributed by atoms with E-state index in [-0.39, 0.29) is 49.4 Å². The lowest BCUT2D eigenvalue weighted by Crippen LogP contribution is -2.40. The van der Waals surface area contributed by atoms with Crippen molar-refractivity contribution in [3.05, 3.63) is 113 Å². The molecule has 0 aliphatic rings. The van der Waals surface area contributed by atoms with Crippen LogP contribution in [0.25, 0.3) is 21.8 Å². The predicted molar refractivity (Wildman–Crippen MR) is 192 cm³/mol. The first-order valence-corrected chi connectivity index (χ1v) is 18.6. The number of nitrogens with one attached hydrogen (secondary N) is 1. The van der Waals surface area contributed by atoms with Gasteiger partial charge in [0.2, 0.25) is 58.3 Å². The van der Waals surface area contributed by atoms with E-state index >= 15 is 0 Å². The summed E-state index contributed by atoms with van der Waals surface area (Å²) < 4.78 is 103. The summed E-state index contributed by atoms with van der Waals surface area (Å²) in [6.45, 7) is 1.82. The van der Waals surface area contributed by atoms with Crippen molar-refractivity contribution in [1.82, 2.24) is 9.62 Å². The molecule has 4 aromatic carbocycles. The first-order chi connectivity index (χ1) is 26.3. The van der Waals surface area contributed by atoms with Crippen LogP contribution >= 0.6 is 0 Å². The second-order valence-electron chi connectivity index (χ2n) is 12.5. The van der Waals surface area contributed by atoms with E-state index in [1.54, 1.807) is 67.6 Å². The molecule has 0 radical (unpaired) electrons. The number of hydrogen-bond donors (Lipinski definition) is 1. The average Bonchev–Trinajstić information content (AvgIpc) is 3.17. The van der Waals surface area contributed by atoms with E-state index in [4.69, 9.17) is 6.42 Å². The highest BCUT2D eigenvalue weighted by Gasteiger charge is 2.34. The second kappa shape index (κ2) is 17.5. The summed E-state index contributed by atoms with van der Waals surface area (Å²) >= 11 is 0. The number of esters is 1. The van der Waals surface area contributed by atoms with Crippen molar-refractivity contribution in [3.63, 3.8) is 0 Å². The Bertz CT molecular complexity index is 2350. The van der Waals surface area contributed by atoms with Crippen LogP contribution < -0.4 is 14.6 Å². The first kappa shape index (κ1) is 40.3. The van der Waals surface area contributed by atoms with Crippen molar-refractivity contribution in [1.29, 1.82) is 0 Å². The molecule has 0 bridgehead atoms. The SMILES string of the molecule is C#CC[n+]1c2ccccc2c(C(=O)N(CCCC(=O)NCCCCCC(=O)Oc2c(F)c(F)c(F)c(F)c2F)S(=O)(=O)c2ccc(C)cc2)c2ccccc21. The van der Waals surface area contributed by atoms with Crippen molar-refractivity contribution < 1.29 is 54.1 Å². The van der Waals surface area contributed by atoms with Gasteiger partial charge in [0.1, 0.15) is 0 Å². The van der Waals surface area contributed by atoms with E-state index in [0.717, 1.165) is 9.87 Å². The molecule has 15 heteroatoms. The molecule has 55 heavy (non-hydrogen) atoms. The van der Waals surface area contributed by atoms with Gasteiger partial charge >= 0.3 is 5.97 Å². The number of carbonyl (C=O) groups is 3. The zero-order valence-electron chi connectivity index (χ0n) is 29.5. The van der Waals surface area contributed by atoms with E-state index < -0.39 is 69.1 Å². The highest BCUT2D eigenvalue weighted by atomic mass is 32.2. The van der Waals surface area contributed by atoms with Gasteiger partial charge in [-0.1, -0.05) is 48.4 Å². The highest BCUT2D eigenvalue weighted by molar-refractivity contribution is 7.89. The molecule has 0 fully saturated rings. The van der Waals surface area contributed by atoms with Crippen LogP contribution in [0.5, 0.6) is 5.75 Å². The van der Waals surface area contributed by atoms with Crippen LogP contribution in [-0.2, 0) is 26.2 Å². The van der Waals surface area contributed by atoms with Gasteiger partial charge in [0.25, 0.3) is 15.9 Å². The van der Waals surface area contributed by atoms with Crippen molar-refractivity contribution >= 4 is 49.6 Å². The molecule has 0 aliphatic carbocycles. The summed E-state index contributed by atoms with van der Waals surface area (Å²) in [5, 5.41) is 3.67. The maximum absolute atomic E-state index is 14.6. The summed E-state index contributed by atoms with van der Waals surface area (Å²) in [4.78, 5) is 39.2. The molecular formula is C40H35F5N3O6S+. The summed E-state index contributed by atoms with van der Waals surface area (Å²) in [6.07, 6.45) is 5.91. The van der Waals surface area contributed by atoms with Crippen molar-refractivity contribution in [2.45, 2.75) is 56.9 Å². The van der Waals surface area contributed by atoms with Gasteiger partial charge in [-0.25, -0.2) is 25.9 Å². The lowest BCUT2D eigenvalue weighted by Gasteiger charge is -2.24. The minimum absolute atomic E-state index is 0.0218. The fourth-order valence-corrected chi connectivity index (χ4v) is 7.42. The van der Waals surface area contributed by atoms with Gasteiger partial charge in [-0.3, -0.25) is 14.4 Å². The van der Waals surface area contributed by atoms with Gasteiger partial charge in [-0.2, -0.15) is 13.3 Å². The molecule has 0 saturated carbocycles. The molecule has 0 atom stereocenters. The van der Waals surface area contributed by atoms with Gasteiger partial charge < -0.3 is 10.1 Å². The van der Waals surface area contributed by atoms with Crippen LogP contribution in [0.3, 0.4) is 0 Å². The summed E-state index contributed by atoms with van der Waals surface area (Å²) in [5.41, 5.74) is 2.24. The third kappa shape index (κ3) is 8.76. The van der Waals surface area contributed by atoms with E-state index in [2.05, 4.69) is 16.0 Å². The van der Waals surface area contributed by atoms with Crippen molar-refractivity contribution in [3.8, 4) is 18.1 Å². The number of unbranched alkanes of at least 4 members (excludes halogenated alkanes) is 2. The number of hydrogen-bond acceptors (Lipinski definition) is 6. The number of pyridine rings is 1. The monoisotopic (exact) mass is 780 g/mol. The Labute approximate surface area is 313 Å². The van der Waals surface area contributed by atoms with Crippen LogP contribution in [0, 0.1) is 48.4 Å². The summed E-state index contributed by atoms with van der Waals surface area (Å²) in [5.74, 6) is -12.8. The maximum atomic E-state index is 14.6. The number of amides is 2. The summed E-state index contributed by atoms with van der Waals surface area (Å²) in [6, 6.07) is 20.2. The number of nitrogens with zero attached hydrogens (tertiary/aromatic N) is 2. The van der Waals surface area contributed by atoms with Gasteiger partial charge in [-0.05, 0) is 56.4 Å². The molecule has 0 aliphatic heterocycles. The number of benzene rings is 4. The molecule has 0 spiro atoms. The molecule has 2 amide bonds. The van der Waals surface area contributed by atoms with Gasteiger partial charge in [0.15, 0.2) is 0 Å². The molecule has 286 valence electrons. The Morgan fingerprint density at radius 1 is 0.764 bits per heavy atom. The lowest BCUT2D eigenvalue weighted by molar-refractivity contribution is -0.632. The van der Waals surface area contributed by atoms with Crippen LogP contribution in [0.4, 0.5) is 22.0 Å². The van der Waals surface area contributed by atoms with E-state index in [9.17, 15) is 44.8 Å². The largest absolute Gasteiger partial charge is 0.420 e. The summed E-state index contributed by atoms with van der Waals surface area (Å²) in [7, 11) is -4.41. The molecule has 5 rings (SSSR count). The number of ether oxygens (including phenoxy) is 1. The normalized spacial score (nSPS) is 11.4. The number of fused-ring (bicyclic) bond motifs is 2. The number of sulfonamides is 1. The predicted octanol–water partition coefficient (Wildman–Crippen LogP) is 6.81. The number of para-hydroxylation sites is 2. The molecule has 0 saturated heterocycles. The van der Waals surface area contributed by atoms with Crippen LogP contribution in [0.1, 0.15) is 54.4 Å². The van der Waals surface area contributed by atoms with E-state index in [1.807, 2.05) is 4.57 Å². The lowest BCUT2D eigenvalue weighted by atomic mass is 10.0. The third-order valence-corrected chi connectivity index (χ3v) is 10.6. The number of halogens is 5. The van der Waals surface area contributed by atoms with Gasteiger partial charge in [-0.15, -0.1) is 6.42 Å². The quantitative estimate of drug-likeness (QED) is 0.0144. The van der Waals surface area contributed by atoms with E-state index in [1.165, 1.54) is 12.1 Å². The zero-order chi connectivity index (χ0) is 39.9. The minimum Gasteiger partial charge on any atom is -0.420 e. The van der Waals surface area contributed by atoms with Gasteiger partial charge in [0, 0.05) is 38.1 Å². The molecule has 1 N–H and O–H groups in total. The van der Waals surface area contributed by atoms with Gasteiger partial charge in [0.05, 0.1) is 21.2 Å². The number of aryl methyl sites for hydroxylation is 1. The Balaban J connectivity index is 1.24. The topological polar surface area (TPSA) is 114 Å². The standard InChI is InChI=1S/C40H34F5N3O6S/c1-3-23-47-29-14-8-6-12-27(29)33(28-13-7-9-15-30(28)47)40(51)48(55(52,53)26-20-18-25(2)19-21-26)24-11-16-31(49)46-22-10-4-5-17-32(50)54-39-37(44)35(42)34(41)36(43)38(39)45/h1,6-9,12-15,18-21H,4-5,10-11,16-17,22-24H2,2H3/p+1. The van der Waals surface area contributed by atoms with Crippen LogP contribution in [0.2, 0.25) is 0 Å². The molecular weight excluding hydrogens is 746 g/mol. The smallest absolute Gasteiger partial charge is 0.311 e. The number of aromatic nitrogens is 1. The minimum atomic E-state index is -4.41. The Morgan fingerprint density at radius 2 is 1.33 bits per heavy atom. The maximum Gasteiger partial charge on any atom is 0.311 e. The fraction of sp³-hybridized carbons (Fsp3) is 0.250. The first-order valence-electron chi connectivity index (χ1n) is 17.2. The van der Waals surface area contributed by atoms with Crippen LogP contribution in [0.15, 0.2) is 77.7 Å². The zero-order valence-corrected chi connectivity index (χ0v) is 30.3.